The molecule has 15 aromatic carbocycles. The Bertz CT molecular complexity index is 5300. The van der Waals surface area contributed by atoms with E-state index in [9.17, 15) is 5.11 Å². The largest absolute Gasteiger partial charge is 0.508 e. The molecule has 89 heavy (non-hydrogen) atoms. The summed E-state index contributed by atoms with van der Waals surface area (Å²) in [5.41, 5.74) is 24.8. The molecule has 17 rings (SSSR count). The molecule has 0 heterocycles. The van der Waals surface area contributed by atoms with Gasteiger partial charge in [0.25, 0.3) is 0 Å². The molecule has 2 aliphatic rings. The van der Waals surface area contributed by atoms with Crippen molar-refractivity contribution >= 4 is 64.6 Å². The predicted octanol–water partition coefficient (Wildman–Crippen LogP) is 23.7. The van der Waals surface area contributed by atoms with E-state index in [2.05, 4.69) is 277 Å². The van der Waals surface area contributed by atoms with E-state index in [1.54, 1.807) is 12.1 Å². The van der Waals surface area contributed by atoms with Gasteiger partial charge in [0.2, 0.25) is 0 Å². The van der Waals surface area contributed by atoms with Gasteiger partial charge in [-0.15, -0.1) is 0 Å². The van der Waals surface area contributed by atoms with Gasteiger partial charge in [-0.3, -0.25) is 0 Å². The van der Waals surface area contributed by atoms with Gasteiger partial charge in [-0.05, 0) is 231 Å². The molecule has 0 fully saturated rings. The minimum atomic E-state index is -0.260. The third kappa shape index (κ3) is 7.96. The minimum absolute atomic E-state index is 0.243. The van der Waals surface area contributed by atoms with Crippen LogP contribution < -0.4 is 4.74 Å². The van der Waals surface area contributed by atoms with Crippen LogP contribution in [0.5, 0.6) is 11.5 Å². The molecule has 0 unspecified atom stereocenters. The lowest BCUT2D eigenvalue weighted by Gasteiger charge is -2.24. The summed E-state index contributed by atoms with van der Waals surface area (Å²) in [4.78, 5) is 0. The molecule has 0 atom stereocenters. The first kappa shape index (κ1) is 52.8. The predicted molar refractivity (Wildman–Crippen MR) is 377 cm³/mol. The van der Waals surface area contributed by atoms with E-state index in [0.29, 0.717) is 6.61 Å². The molecule has 1 N–H and O–H groups in total. The third-order valence-corrected chi connectivity index (χ3v) is 20.1. The van der Waals surface area contributed by atoms with Gasteiger partial charge >= 0.3 is 0 Å². The van der Waals surface area contributed by atoms with Gasteiger partial charge in [0.1, 0.15) is 11.5 Å². The monoisotopic (exact) mass is 1140 g/mol. The van der Waals surface area contributed by atoms with Crippen LogP contribution in [0.4, 0.5) is 0 Å². The highest BCUT2D eigenvalue weighted by Gasteiger charge is 2.39. The number of aromatic hydroxyl groups is 1. The lowest BCUT2D eigenvalue weighted by molar-refractivity contribution is 0.317. The van der Waals surface area contributed by atoms with E-state index in [-0.39, 0.29) is 16.6 Å². The second-order valence-electron chi connectivity index (χ2n) is 25.7. The normalized spacial score (nSPS) is 13.5. The first-order valence-electron chi connectivity index (χ1n) is 31.5. The zero-order valence-electron chi connectivity index (χ0n) is 50.7. The Morgan fingerprint density at radius 1 is 0.270 bits per heavy atom. The number of hydrogen-bond donors (Lipinski definition) is 1. The standard InChI is InChI=1S/C87H64O2/c1-6-47-89-59-41-33-53(34-42-59)81-68-23-11-15-27-72(68)84(73-28-16-12-24-69(73)81)85-74-29-17-13-25-70(74)83(71-26-14-18-30-75(71)85)57-38-46-63-61-44-36-55(49-77(61)87(4,5)79(63)51-57)54-35-43-60-62-45-37-56(50-78(62)86(2,3)76(60)48-54)82-66-21-9-7-19-64(66)80(52-31-39-58(88)40-32-52)65-20-8-10-22-67(65)82/h7-46,48-51,88H,6,47H2,1-5H3. The van der Waals surface area contributed by atoms with Crippen molar-refractivity contribution < 1.29 is 9.84 Å². The number of hydrogen-bond acceptors (Lipinski definition) is 2. The average molecular weight is 1140 g/mol. The van der Waals surface area contributed by atoms with E-state index >= 15 is 0 Å². The van der Waals surface area contributed by atoms with Gasteiger partial charge in [-0.1, -0.05) is 253 Å². The molecule has 15 aromatic rings. The fourth-order valence-electron chi connectivity index (χ4n) is 15.9. The highest BCUT2D eigenvalue weighted by atomic mass is 16.5. The number of phenolic OH excluding ortho intramolecular Hbond substituents is 1. The van der Waals surface area contributed by atoms with Crippen molar-refractivity contribution in [3.05, 3.63) is 289 Å². The number of rotatable bonds is 9. The third-order valence-electron chi connectivity index (χ3n) is 20.1. The first-order valence-corrected chi connectivity index (χ1v) is 31.5. The summed E-state index contributed by atoms with van der Waals surface area (Å²) in [7, 11) is 0. The SMILES string of the molecule is CCCOc1ccc(-c2c3ccccc3c(-c3c4ccccc4c(-c4ccc5c(c4)C(C)(C)c4cc(-c6ccc7c(c6)C(C)(C)c6cc(-c8c9ccccc9c(-c9ccc(O)cc9)c9ccccc89)ccc6-7)ccc4-5)c4ccccc34)c3ccccc23)cc1. The molecule has 0 aromatic heterocycles. The molecule has 2 nitrogen and oxygen atoms in total. The first-order chi connectivity index (χ1) is 43.5. The Kier molecular flexibility index (Phi) is 11.9. The molecule has 0 bridgehead atoms. The Hall–Kier alpha value is -10.5. The molecular formula is C87H64O2. The Labute approximate surface area is 519 Å². The molecule has 0 saturated heterocycles. The van der Waals surface area contributed by atoms with Crippen LogP contribution in [0.25, 0.3) is 154 Å². The van der Waals surface area contributed by atoms with E-state index < -0.39 is 0 Å². The molecule has 2 heteroatoms. The van der Waals surface area contributed by atoms with Gasteiger partial charge in [-0.25, -0.2) is 0 Å². The second kappa shape index (κ2) is 20.0. The van der Waals surface area contributed by atoms with Crippen LogP contribution in [-0.4, -0.2) is 11.7 Å². The van der Waals surface area contributed by atoms with Crippen LogP contribution in [0.15, 0.2) is 267 Å². The minimum Gasteiger partial charge on any atom is -0.508 e. The van der Waals surface area contributed by atoms with Crippen molar-refractivity contribution in [2.24, 2.45) is 0 Å². The van der Waals surface area contributed by atoms with Gasteiger partial charge < -0.3 is 9.84 Å². The maximum Gasteiger partial charge on any atom is 0.119 e. The van der Waals surface area contributed by atoms with E-state index in [4.69, 9.17) is 4.74 Å². The van der Waals surface area contributed by atoms with E-state index in [0.717, 1.165) is 17.7 Å². The Morgan fingerprint density at radius 2 is 0.506 bits per heavy atom. The van der Waals surface area contributed by atoms with Crippen LogP contribution >= 0.6 is 0 Å². The summed E-state index contributed by atoms with van der Waals surface area (Å²) < 4.78 is 6.04. The van der Waals surface area contributed by atoms with Crippen LogP contribution in [0, 0.1) is 0 Å². The van der Waals surface area contributed by atoms with Crippen LogP contribution in [0.2, 0.25) is 0 Å². The van der Waals surface area contributed by atoms with Crippen molar-refractivity contribution in [3.8, 4) is 101 Å². The van der Waals surface area contributed by atoms with Gasteiger partial charge in [-0.2, -0.15) is 0 Å². The fraction of sp³-hybridized carbons (Fsp3) is 0.103. The molecule has 0 spiro atoms. The van der Waals surface area contributed by atoms with Gasteiger partial charge in [0, 0.05) is 10.8 Å². The molecule has 0 radical (unpaired) electrons. The summed E-state index contributed by atoms with van der Waals surface area (Å²) in [6.07, 6.45) is 0.973. The van der Waals surface area contributed by atoms with Crippen molar-refractivity contribution in [1.82, 2.24) is 0 Å². The summed E-state index contributed by atoms with van der Waals surface area (Å²) >= 11 is 0. The van der Waals surface area contributed by atoms with Crippen molar-refractivity contribution in [2.75, 3.05) is 6.61 Å². The van der Waals surface area contributed by atoms with Crippen molar-refractivity contribution in [2.45, 2.75) is 51.9 Å². The Morgan fingerprint density at radius 3 is 0.798 bits per heavy atom. The number of fused-ring (bicyclic) bond motifs is 12. The van der Waals surface area contributed by atoms with Crippen molar-refractivity contribution in [3.63, 3.8) is 0 Å². The Balaban J connectivity index is 0.741. The molecule has 2 aliphatic carbocycles. The lowest BCUT2D eigenvalue weighted by Crippen LogP contribution is -2.15. The van der Waals surface area contributed by atoms with Crippen molar-refractivity contribution in [1.29, 1.82) is 0 Å². The fourth-order valence-corrected chi connectivity index (χ4v) is 15.9. The van der Waals surface area contributed by atoms with E-state index in [1.165, 1.54) is 170 Å². The maximum absolute atomic E-state index is 10.2. The zero-order valence-corrected chi connectivity index (χ0v) is 50.7. The van der Waals surface area contributed by atoms with Gasteiger partial charge in [0.05, 0.1) is 6.61 Å². The topological polar surface area (TPSA) is 29.5 Å². The molecule has 0 saturated carbocycles. The molecule has 424 valence electrons. The number of phenols is 1. The summed E-state index contributed by atoms with van der Waals surface area (Å²) in [6.45, 7) is 12.5. The lowest BCUT2D eigenvalue weighted by atomic mass is 9.78. The summed E-state index contributed by atoms with van der Waals surface area (Å²) in [5, 5.41) is 25.0. The molecule has 0 aliphatic heterocycles. The maximum atomic E-state index is 10.2. The highest BCUT2D eigenvalue weighted by Crippen LogP contribution is 2.56. The highest BCUT2D eigenvalue weighted by molar-refractivity contribution is 6.30. The number of ether oxygens (including phenoxy) is 1. The van der Waals surface area contributed by atoms with Crippen LogP contribution in [0.1, 0.15) is 63.3 Å². The van der Waals surface area contributed by atoms with Gasteiger partial charge in [0.15, 0.2) is 0 Å². The van der Waals surface area contributed by atoms with Crippen LogP contribution in [-0.2, 0) is 10.8 Å². The number of benzene rings is 15. The zero-order chi connectivity index (χ0) is 59.9. The quantitative estimate of drug-likeness (QED) is 0.146. The second-order valence-corrected chi connectivity index (χ2v) is 25.7. The smallest absolute Gasteiger partial charge is 0.119 e. The molecule has 0 amide bonds. The average Bonchev–Trinajstić information content (AvgIpc) is 2.00. The summed E-state index contributed by atoms with van der Waals surface area (Å²) in [5.74, 6) is 1.17. The summed E-state index contributed by atoms with van der Waals surface area (Å²) in [6, 6.07) is 99.1. The van der Waals surface area contributed by atoms with E-state index in [1.807, 2.05) is 12.1 Å². The van der Waals surface area contributed by atoms with Crippen LogP contribution in [0.3, 0.4) is 0 Å². The molecular weight excluding hydrogens is 1080 g/mol.